The smallest absolute Gasteiger partial charge is 0.264 e. The standard InChI is InChI=1S/C10H8N2.C4H4N2O/c1-2-8-7-11-9-5-3-4-6-10(9)12-8;7-4-2-1-3-5-6-4/h2-7H,1H2;1-3H,(H,6,7). The number of para-hydroxylation sites is 2. The van der Waals surface area contributed by atoms with Crippen LogP contribution in [-0.4, -0.2) is 20.2 Å². The Morgan fingerprint density at radius 3 is 2.47 bits per heavy atom. The summed E-state index contributed by atoms with van der Waals surface area (Å²) >= 11 is 0. The van der Waals surface area contributed by atoms with Crippen molar-refractivity contribution in [1.29, 1.82) is 0 Å². The first-order valence-corrected chi connectivity index (χ1v) is 5.63. The number of nitrogens with zero attached hydrogens (tertiary/aromatic N) is 3. The van der Waals surface area contributed by atoms with Crippen LogP contribution in [0.5, 0.6) is 0 Å². The molecule has 0 atom stereocenters. The minimum atomic E-state index is -0.164. The molecule has 0 amide bonds. The van der Waals surface area contributed by atoms with E-state index in [2.05, 4.69) is 26.7 Å². The minimum Gasteiger partial charge on any atom is -0.268 e. The highest BCUT2D eigenvalue weighted by molar-refractivity contribution is 5.74. The van der Waals surface area contributed by atoms with Crippen LogP contribution in [0.15, 0.2) is 60.2 Å². The van der Waals surface area contributed by atoms with E-state index < -0.39 is 0 Å². The Bertz CT molecular complexity index is 719. The lowest BCUT2D eigenvalue weighted by Gasteiger charge is -1.95. The number of hydrogen-bond donors (Lipinski definition) is 1. The fourth-order valence-electron chi connectivity index (χ4n) is 1.38. The molecule has 0 aliphatic carbocycles. The molecule has 0 spiro atoms. The van der Waals surface area contributed by atoms with Gasteiger partial charge >= 0.3 is 0 Å². The second kappa shape index (κ2) is 6.20. The SMILES string of the molecule is C=Cc1cnc2ccccc2n1.O=c1cccn[nH]1. The number of aromatic nitrogens is 4. The van der Waals surface area contributed by atoms with Crippen LogP contribution in [0.25, 0.3) is 17.1 Å². The summed E-state index contributed by atoms with van der Waals surface area (Å²) in [6.07, 6.45) is 4.93. The number of H-pyrrole nitrogens is 1. The number of fused-ring (bicyclic) bond motifs is 1. The first kappa shape index (κ1) is 12.6. The summed E-state index contributed by atoms with van der Waals surface area (Å²) in [5.74, 6) is 0. The zero-order valence-corrected chi connectivity index (χ0v) is 10.2. The average Bonchev–Trinajstić information content (AvgIpc) is 2.48. The highest BCUT2D eigenvalue weighted by Crippen LogP contribution is 2.08. The summed E-state index contributed by atoms with van der Waals surface area (Å²) in [4.78, 5) is 18.7. The average molecular weight is 252 g/mol. The van der Waals surface area contributed by atoms with E-state index in [0.717, 1.165) is 16.7 Å². The topological polar surface area (TPSA) is 71.5 Å². The molecule has 0 saturated carbocycles. The molecule has 0 fully saturated rings. The molecule has 0 radical (unpaired) electrons. The van der Waals surface area contributed by atoms with E-state index in [1.807, 2.05) is 24.3 Å². The number of aromatic amines is 1. The van der Waals surface area contributed by atoms with Gasteiger partial charge < -0.3 is 0 Å². The molecule has 2 aromatic heterocycles. The van der Waals surface area contributed by atoms with Gasteiger partial charge in [-0.1, -0.05) is 18.7 Å². The van der Waals surface area contributed by atoms with Gasteiger partial charge in [0.2, 0.25) is 0 Å². The fraction of sp³-hybridized carbons (Fsp3) is 0. The molecule has 0 aliphatic rings. The first-order chi connectivity index (χ1) is 9.29. The quantitative estimate of drug-likeness (QED) is 0.719. The van der Waals surface area contributed by atoms with E-state index in [0.29, 0.717) is 0 Å². The Labute approximate surface area is 109 Å². The van der Waals surface area contributed by atoms with Crippen LogP contribution in [0.3, 0.4) is 0 Å². The van der Waals surface area contributed by atoms with E-state index in [-0.39, 0.29) is 5.56 Å². The molecule has 1 aromatic carbocycles. The fourth-order valence-corrected chi connectivity index (χ4v) is 1.38. The summed E-state index contributed by atoms with van der Waals surface area (Å²) in [5, 5.41) is 5.67. The zero-order valence-electron chi connectivity index (χ0n) is 10.2. The van der Waals surface area contributed by atoms with Gasteiger partial charge in [-0.3, -0.25) is 9.78 Å². The highest BCUT2D eigenvalue weighted by atomic mass is 16.1. The Morgan fingerprint density at radius 2 is 1.89 bits per heavy atom. The molecule has 0 aliphatic heterocycles. The van der Waals surface area contributed by atoms with Crippen LogP contribution in [0, 0.1) is 0 Å². The Balaban J connectivity index is 0.000000163. The lowest BCUT2D eigenvalue weighted by atomic mass is 10.3. The first-order valence-electron chi connectivity index (χ1n) is 5.63. The molecular formula is C14H12N4O. The molecule has 3 aromatic rings. The van der Waals surface area contributed by atoms with Crippen LogP contribution in [-0.2, 0) is 0 Å². The summed E-state index contributed by atoms with van der Waals surface area (Å²) in [5.41, 5.74) is 2.48. The van der Waals surface area contributed by atoms with E-state index >= 15 is 0 Å². The molecule has 5 heteroatoms. The maximum atomic E-state index is 10.2. The van der Waals surface area contributed by atoms with Crippen LogP contribution < -0.4 is 5.56 Å². The number of nitrogens with one attached hydrogen (secondary N) is 1. The van der Waals surface area contributed by atoms with Crippen LogP contribution in [0.1, 0.15) is 5.69 Å². The summed E-state index contributed by atoms with van der Waals surface area (Å²) in [6, 6.07) is 10.8. The number of benzene rings is 1. The second-order valence-corrected chi connectivity index (χ2v) is 3.60. The van der Waals surface area contributed by atoms with Crippen molar-refractivity contribution in [1.82, 2.24) is 20.2 Å². The van der Waals surface area contributed by atoms with Crippen molar-refractivity contribution < 1.29 is 0 Å². The number of rotatable bonds is 1. The largest absolute Gasteiger partial charge is 0.268 e. The van der Waals surface area contributed by atoms with Gasteiger partial charge in [0.05, 0.1) is 22.9 Å². The zero-order chi connectivity index (χ0) is 13.5. The normalized spacial score (nSPS) is 9.47. The third-order valence-electron chi connectivity index (χ3n) is 2.26. The molecule has 3 rings (SSSR count). The molecule has 2 heterocycles. The summed E-state index contributed by atoms with van der Waals surface area (Å²) in [6.45, 7) is 3.64. The Hall–Kier alpha value is -2.82. The molecule has 0 saturated heterocycles. The Morgan fingerprint density at radius 1 is 1.11 bits per heavy atom. The van der Waals surface area contributed by atoms with Gasteiger partial charge in [0.25, 0.3) is 5.56 Å². The van der Waals surface area contributed by atoms with Crippen LogP contribution >= 0.6 is 0 Å². The van der Waals surface area contributed by atoms with Gasteiger partial charge in [-0.25, -0.2) is 10.1 Å². The summed E-state index contributed by atoms with van der Waals surface area (Å²) < 4.78 is 0. The van der Waals surface area contributed by atoms with Crippen molar-refractivity contribution in [2.24, 2.45) is 0 Å². The predicted molar refractivity (Wildman–Crippen MR) is 74.5 cm³/mol. The monoisotopic (exact) mass is 252 g/mol. The maximum absolute atomic E-state index is 10.2. The third-order valence-corrected chi connectivity index (χ3v) is 2.26. The van der Waals surface area contributed by atoms with Gasteiger partial charge in [-0.05, 0) is 24.3 Å². The van der Waals surface area contributed by atoms with Crippen molar-refractivity contribution in [2.75, 3.05) is 0 Å². The molecular weight excluding hydrogens is 240 g/mol. The van der Waals surface area contributed by atoms with E-state index in [4.69, 9.17) is 0 Å². The second-order valence-electron chi connectivity index (χ2n) is 3.60. The molecule has 94 valence electrons. The summed E-state index contributed by atoms with van der Waals surface area (Å²) in [7, 11) is 0. The maximum Gasteiger partial charge on any atom is 0.264 e. The van der Waals surface area contributed by atoms with Crippen LogP contribution in [0.2, 0.25) is 0 Å². The highest BCUT2D eigenvalue weighted by Gasteiger charge is 1.93. The van der Waals surface area contributed by atoms with E-state index in [1.165, 1.54) is 12.3 Å². The van der Waals surface area contributed by atoms with Gasteiger partial charge in [0, 0.05) is 12.3 Å². The van der Waals surface area contributed by atoms with Crippen LogP contribution in [0.4, 0.5) is 0 Å². The van der Waals surface area contributed by atoms with E-state index in [1.54, 1.807) is 18.3 Å². The van der Waals surface area contributed by atoms with Crippen molar-refractivity contribution in [3.05, 3.63) is 71.4 Å². The lowest BCUT2D eigenvalue weighted by Crippen LogP contribution is -2.02. The molecule has 0 bridgehead atoms. The van der Waals surface area contributed by atoms with Gasteiger partial charge in [-0.2, -0.15) is 5.10 Å². The van der Waals surface area contributed by atoms with Crippen molar-refractivity contribution in [2.45, 2.75) is 0 Å². The van der Waals surface area contributed by atoms with Crippen molar-refractivity contribution in [3.63, 3.8) is 0 Å². The predicted octanol–water partition coefficient (Wildman–Crippen LogP) is 2.04. The van der Waals surface area contributed by atoms with Gasteiger partial charge in [-0.15, -0.1) is 0 Å². The molecule has 19 heavy (non-hydrogen) atoms. The van der Waals surface area contributed by atoms with Crippen molar-refractivity contribution >= 4 is 17.1 Å². The molecule has 0 unspecified atom stereocenters. The lowest BCUT2D eigenvalue weighted by molar-refractivity contribution is 0.988. The Kier molecular flexibility index (Phi) is 4.12. The molecule has 5 nitrogen and oxygen atoms in total. The molecule has 1 N–H and O–H groups in total. The van der Waals surface area contributed by atoms with Crippen molar-refractivity contribution in [3.8, 4) is 0 Å². The minimum absolute atomic E-state index is 0.164. The van der Waals surface area contributed by atoms with Gasteiger partial charge in [0.1, 0.15) is 0 Å². The van der Waals surface area contributed by atoms with Gasteiger partial charge in [0.15, 0.2) is 0 Å². The third kappa shape index (κ3) is 3.57. The number of hydrogen-bond acceptors (Lipinski definition) is 4. The van der Waals surface area contributed by atoms with E-state index in [9.17, 15) is 4.79 Å².